The summed E-state index contributed by atoms with van der Waals surface area (Å²) in [6, 6.07) is 6.57. The van der Waals surface area contributed by atoms with Gasteiger partial charge in [0.25, 0.3) is 0 Å². The highest BCUT2D eigenvalue weighted by Crippen LogP contribution is 2.32. The second-order valence-electron chi connectivity index (χ2n) is 6.36. The molecule has 1 heterocycles. The van der Waals surface area contributed by atoms with Gasteiger partial charge in [0.15, 0.2) is 5.82 Å². The molecule has 0 N–H and O–H groups in total. The summed E-state index contributed by atoms with van der Waals surface area (Å²) in [6.07, 6.45) is 4.77. The molecule has 6 heteroatoms. The van der Waals surface area contributed by atoms with Gasteiger partial charge in [-0.2, -0.15) is 4.98 Å². The van der Waals surface area contributed by atoms with E-state index in [2.05, 4.69) is 15.0 Å². The van der Waals surface area contributed by atoms with Crippen LogP contribution in [0, 0.1) is 5.82 Å². The Labute approximate surface area is 141 Å². The fourth-order valence-electron chi connectivity index (χ4n) is 3.15. The van der Waals surface area contributed by atoms with Gasteiger partial charge in [-0.3, -0.25) is 4.90 Å². The first kappa shape index (κ1) is 17.0. The number of hydrogen-bond donors (Lipinski definition) is 0. The normalized spacial score (nSPS) is 15.5. The van der Waals surface area contributed by atoms with Crippen LogP contribution in [0.3, 0.4) is 0 Å². The summed E-state index contributed by atoms with van der Waals surface area (Å²) in [5.74, 6) is 1.68. The Morgan fingerprint density at radius 1 is 1.21 bits per heavy atom. The lowest BCUT2D eigenvalue weighted by molar-refractivity contribution is 0.137. The van der Waals surface area contributed by atoms with E-state index in [-0.39, 0.29) is 5.82 Å². The minimum absolute atomic E-state index is 0.221. The van der Waals surface area contributed by atoms with Crippen molar-refractivity contribution >= 4 is 0 Å². The summed E-state index contributed by atoms with van der Waals surface area (Å²) in [4.78, 5) is 6.76. The molecule has 0 radical (unpaired) electrons. The number of nitrogens with zero attached hydrogens (tertiary/aromatic N) is 3. The third-order valence-electron chi connectivity index (χ3n) is 4.48. The molecule has 1 aliphatic rings. The number of hydrogen-bond acceptors (Lipinski definition) is 5. The van der Waals surface area contributed by atoms with Crippen molar-refractivity contribution in [2.45, 2.75) is 44.7 Å². The molecule has 0 unspecified atom stereocenters. The van der Waals surface area contributed by atoms with Crippen molar-refractivity contribution in [3.05, 3.63) is 47.4 Å². The third-order valence-corrected chi connectivity index (χ3v) is 4.48. The number of halogens is 1. The van der Waals surface area contributed by atoms with Crippen molar-refractivity contribution in [2.24, 2.45) is 0 Å². The molecule has 1 aromatic heterocycles. The molecule has 24 heavy (non-hydrogen) atoms. The molecule has 2 aromatic rings. The molecule has 1 aliphatic carbocycles. The first-order chi connectivity index (χ1) is 11.7. The van der Waals surface area contributed by atoms with Gasteiger partial charge in [-0.25, -0.2) is 4.39 Å². The number of rotatable bonds is 8. The molecule has 3 rings (SSSR count). The molecule has 0 spiro atoms. The minimum atomic E-state index is -0.221. The maximum Gasteiger partial charge on any atom is 0.229 e. The Morgan fingerprint density at radius 3 is 2.67 bits per heavy atom. The SMILES string of the molecule is COCCN(Cc1ccc(F)cc1)Cc1noc(C2CCCC2)n1. The van der Waals surface area contributed by atoms with Crippen LogP contribution in [0.25, 0.3) is 0 Å². The number of methoxy groups -OCH3 is 1. The van der Waals surface area contributed by atoms with E-state index in [1.54, 1.807) is 19.2 Å². The highest BCUT2D eigenvalue weighted by atomic mass is 19.1. The second kappa shape index (κ2) is 8.35. The van der Waals surface area contributed by atoms with Gasteiger partial charge in [0.1, 0.15) is 5.82 Å². The van der Waals surface area contributed by atoms with Crippen molar-refractivity contribution in [3.63, 3.8) is 0 Å². The van der Waals surface area contributed by atoms with Crippen LogP contribution in [0.5, 0.6) is 0 Å². The largest absolute Gasteiger partial charge is 0.383 e. The summed E-state index contributed by atoms with van der Waals surface area (Å²) < 4.78 is 23.7. The topological polar surface area (TPSA) is 51.4 Å². The molecule has 0 saturated heterocycles. The van der Waals surface area contributed by atoms with Crippen LogP contribution in [0.15, 0.2) is 28.8 Å². The lowest BCUT2D eigenvalue weighted by Gasteiger charge is -2.20. The van der Waals surface area contributed by atoms with Gasteiger partial charge in [0.05, 0.1) is 13.2 Å². The smallest absolute Gasteiger partial charge is 0.229 e. The van der Waals surface area contributed by atoms with Gasteiger partial charge < -0.3 is 9.26 Å². The van der Waals surface area contributed by atoms with Crippen LogP contribution in [-0.4, -0.2) is 35.3 Å². The fraction of sp³-hybridized carbons (Fsp3) is 0.556. The lowest BCUT2D eigenvalue weighted by atomic mass is 10.1. The fourth-order valence-corrected chi connectivity index (χ4v) is 3.15. The summed E-state index contributed by atoms with van der Waals surface area (Å²) in [7, 11) is 1.68. The monoisotopic (exact) mass is 333 g/mol. The second-order valence-corrected chi connectivity index (χ2v) is 6.36. The van der Waals surface area contributed by atoms with E-state index in [1.807, 2.05) is 0 Å². The van der Waals surface area contributed by atoms with Gasteiger partial charge in [0, 0.05) is 26.1 Å². The zero-order valence-corrected chi connectivity index (χ0v) is 14.1. The Balaban J connectivity index is 1.63. The van der Waals surface area contributed by atoms with E-state index in [0.29, 0.717) is 31.4 Å². The lowest BCUT2D eigenvalue weighted by Crippen LogP contribution is -2.27. The highest BCUT2D eigenvalue weighted by molar-refractivity contribution is 5.16. The van der Waals surface area contributed by atoms with Gasteiger partial charge in [-0.15, -0.1) is 0 Å². The minimum Gasteiger partial charge on any atom is -0.383 e. The molecule has 1 saturated carbocycles. The molecule has 0 bridgehead atoms. The van der Waals surface area contributed by atoms with Crippen molar-refractivity contribution in [1.82, 2.24) is 15.0 Å². The average Bonchev–Trinajstić information content (AvgIpc) is 3.26. The Bertz CT molecular complexity index is 623. The molecule has 5 nitrogen and oxygen atoms in total. The van der Waals surface area contributed by atoms with Crippen molar-refractivity contribution < 1.29 is 13.7 Å². The molecule has 0 aliphatic heterocycles. The van der Waals surface area contributed by atoms with Gasteiger partial charge in [-0.1, -0.05) is 30.1 Å². The Hall–Kier alpha value is -1.79. The van der Waals surface area contributed by atoms with Crippen LogP contribution < -0.4 is 0 Å². The van der Waals surface area contributed by atoms with Crippen LogP contribution in [0.2, 0.25) is 0 Å². The van der Waals surface area contributed by atoms with Crippen molar-refractivity contribution in [2.75, 3.05) is 20.3 Å². The molecule has 0 amide bonds. The molecule has 1 aromatic carbocycles. The summed E-state index contributed by atoms with van der Waals surface area (Å²) >= 11 is 0. The van der Waals surface area contributed by atoms with E-state index >= 15 is 0 Å². The van der Waals surface area contributed by atoms with Crippen molar-refractivity contribution in [1.29, 1.82) is 0 Å². The zero-order valence-electron chi connectivity index (χ0n) is 14.1. The number of ether oxygens (including phenoxy) is 1. The van der Waals surface area contributed by atoms with E-state index in [0.717, 1.165) is 30.8 Å². The van der Waals surface area contributed by atoms with E-state index < -0.39 is 0 Å². The van der Waals surface area contributed by atoms with Crippen molar-refractivity contribution in [3.8, 4) is 0 Å². The first-order valence-electron chi connectivity index (χ1n) is 8.53. The average molecular weight is 333 g/mol. The summed E-state index contributed by atoms with van der Waals surface area (Å²) in [6.45, 7) is 2.66. The molecule has 0 atom stereocenters. The maximum absolute atomic E-state index is 13.1. The predicted octanol–water partition coefficient (Wildman–Crippen LogP) is 3.51. The quantitative estimate of drug-likeness (QED) is 0.740. The Kier molecular flexibility index (Phi) is 5.93. The van der Waals surface area contributed by atoms with Gasteiger partial charge in [0.2, 0.25) is 5.89 Å². The van der Waals surface area contributed by atoms with Gasteiger partial charge in [-0.05, 0) is 30.5 Å². The van der Waals surface area contributed by atoms with Crippen LogP contribution >= 0.6 is 0 Å². The zero-order chi connectivity index (χ0) is 16.8. The Morgan fingerprint density at radius 2 is 1.96 bits per heavy atom. The van der Waals surface area contributed by atoms with Crippen LogP contribution in [0.1, 0.15) is 48.9 Å². The maximum atomic E-state index is 13.1. The predicted molar refractivity (Wildman–Crippen MR) is 87.9 cm³/mol. The number of aromatic nitrogens is 2. The van der Waals surface area contributed by atoms with E-state index in [1.165, 1.54) is 25.0 Å². The highest BCUT2D eigenvalue weighted by Gasteiger charge is 2.23. The third kappa shape index (κ3) is 4.61. The van der Waals surface area contributed by atoms with Crippen LogP contribution in [0.4, 0.5) is 4.39 Å². The van der Waals surface area contributed by atoms with E-state index in [9.17, 15) is 4.39 Å². The standard InChI is InChI=1S/C18H24FN3O2/c1-23-11-10-22(12-14-6-8-16(19)9-7-14)13-17-20-18(24-21-17)15-4-2-3-5-15/h6-9,15H,2-5,10-13H2,1H3. The molecule has 130 valence electrons. The van der Waals surface area contributed by atoms with E-state index in [4.69, 9.17) is 9.26 Å². The first-order valence-corrected chi connectivity index (χ1v) is 8.53. The molecular formula is C18H24FN3O2. The summed E-state index contributed by atoms with van der Waals surface area (Å²) in [5, 5.41) is 4.14. The van der Waals surface area contributed by atoms with Crippen LogP contribution in [-0.2, 0) is 17.8 Å². The number of benzene rings is 1. The molecular weight excluding hydrogens is 309 g/mol. The summed E-state index contributed by atoms with van der Waals surface area (Å²) in [5.41, 5.74) is 1.05. The molecule has 1 fully saturated rings. The van der Waals surface area contributed by atoms with Gasteiger partial charge >= 0.3 is 0 Å².